The number of rotatable bonds is 3. The van der Waals surface area contributed by atoms with Crippen LogP contribution < -0.4 is 4.59 Å². The number of amidine groups is 1. The van der Waals surface area contributed by atoms with Crippen LogP contribution in [0.4, 0.5) is 24.7 Å². The summed E-state index contributed by atoms with van der Waals surface area (Å²) in [5, 5.41) is 13.1. The van der Waals surface area contributed by atoms with Crippen molar-refractivity contribution in [3.63, 3.8) is 0 Å². The molecule has 0 saturated carbocycles. The van der Waals surface area contributed by atoms with E-state index in [0.29, 0.717) is 0 Å². The number of hydrogen-bond acceptors (Lipinski definition) is 4. The van der Waals surface area contributed by atoms with E-state index in [1.54, 1.807) is 13.0 Å². The molecule has 3 rings (SSSR count). The summed E-state index contributed by atoms with van der Waals surface area (Å²) in [6.45, 7) is 1.75. The van der Waals surface area contributed by atoms with E-state index >= 15 is 0 Å². The van der Waals surface area contributed by atoms with Gasteiger partial charge in [0.25, 0.3) is 5.82 Å². The molecule has 1 aliphatic rings. The highest BCUT2D eigenvalue weighted by atomic mass is 19.4. The van der Waals surface area contributed by atoms with E-state index in [1.165, 1.54) is 30.5 Å². The highest BCUT2D eigenvalue weighted by Gasteiger charge is 2.58. The van der Waals surface area contributed by atoms with E-state index < -0.39 is 22.6 Å². The Balaban J connectivity index is 2.29. The highest BCUT2D eigenvalue weighted by molar-refractivity contribution is 6.08. The van der Waals surface area contributed by atoms with Gasteiger partial charge in [0.2, 0.25) is 0 Å². The maximum atomic E-state index is 13.6. The van der Waals surface area contributed by atoms with Crippen LogP contribution in [0.3, 0.4) is 0 Å². The maximum absolute atomic E-state index is 13.6. The smallest absolute Gasteiger partial charge is 0.478 e. The van der Waals surface area contributed by atoms with Gasteiger partial charge < -0.3 is 5.11 Å². The molecule has 25 heavy (non-hydrogen) atoms. The fraction of sp³-hybridized carbons (Fsp3) is 0.125. The van der Waals surface area contributed by atoms with E-state index in [1.807, 2.05) is 0 Å². The van der Waals surface area contributed by atoms with Gasteiger partial charge in [-0.15, -0.1) is 0 Å². The minimum atomic E-state index is -4.79. The monoisotopic (exact) mass is 349 g/mol. The Bertz CT molecular complexity index is 891. The molecule has 0 amide bonds. The number of halogens is 3. The van der Waals surface area contributed by atoms with Crippen LogP contribution in [-0.2, 0) is 0 Å². The number of pyridine rings is 1. The Hall–Kier alpha value is -3.07. The molecule has 2 aromatic rings. The number of nitrogens with zero attached hydrogens (tertiary/aromatic N) is 4. The van der Waals surface area contributed by atoms with Crippen molar-refractivity contribution in [1.82, 2.24) is 9.58 Å². The second-order valence-electron chi connectivity index (χ2n) is 5.37. The zero-order valence-corrected chi connectivity index (χ0v) is 12.9. The Kier molecular flexibility index (Phi) is 3.88. The lowest BCUT2D eigenvalue weighted by Crippen LogP contribution is -2.50. The first-order valence-corrected chi connectivity index (χ1v) is 7.11. The van der Waals surface area contributed by atoms with Crippen LogP contribution in [0, 0.1) is 6.92 Å². The molecule has 128 valence electrons. The second-order valence-corrected chi connectivity index (χ2v) is 5.37. The third kappa shape index (κ3) is 2.78. The number of aryl methyl sites for hydroxylation is 1. The van der Waals surface area contributed by atoms with Crippen LogP contribution in [0.25, 0.3) is 0 Å². The average molecular weight is 349 g/mol. The molecule has 0 bridgehead atoms. The summed E-state index contributed by atoms with van der Waals surface area (Å²) in [6, 6.07) is 8.15. The van der Waals surface area contributed by atoms with Gasteiger partial charge in [-0.25, -0.2) is 9.78 Å². The Morgan fingerprint density at radius 3 is 2.56 bits per heavy atom. The van der Waals surface area contributed by atoms with Crippen LogP contribution in [-0.4, -0.2) is 34.4 Å². The number of aliphatic imine (C=N–C) groups is 1. The molecule has 1 aromatic carbocycles. The lowest BCUT2D eigenvalue weighted by molar-refractivity contribution is -0.0656. The number of carboxylic acids is 1. The third-order valence-electron chi connectivity index (χ3n) is 3.66. The largest absolute Gasteiger partial charge is 0.490 e. The van der Waals surface area contributed by atoms with Gasteiger partial charge in [0.15, 0.2) is 12.0 Å². The zero-order valence-electron chi connectivity index (χ0n) is 12.9. The van der Waals surface area contributed by atoms with E-state index in [9.17, 15) is 18.0 Å². The van der Waals surface area contributed by atoms with Crippen molar-refractivity contribution >= 4 is 29.6 Å². The number of alkyl halides is 3. The SMILES string of the molecule is Cc1ccc([N+]2(c3cccc(C(=O)O)c3)N=CN=C2C(F)(F)F)nc1. The van der Waals surface area contributed by atoms with Gasteiger partial charge in [-0.2, -0.15) is 18.2 Å². The fourth-order valence-corrected chi connectivity index (χ4v) is 2.53. The molecule has 6 nitrogen and oxygen atoms in total. The Labute approximate surface area is 140 Å². The molecule has 2 heterocycles. The van der Waals surface area contributed by atoms with Gasteiger partial charge in [0, 0.05) is 24.4 Å². The third-order valence-corrected chi connectivity index (χ3v) is 3.66. The molecule has 1 aromatic heterocycles. The molecule has 0 radical (unpaired) electrons. The standard InChI is InChI=1S/C16H11F3N4O2/c1-10-5-6-13(20-8-10)23(15(16(17,18)19)21-9-22-23)12-4-2-3-11(7-12)14(24)25/h2-9H,1H3/p+1. The average Bonchev–Trinajstić information content (AvgIpc) is 3.02. The summed E-state index contributed by atoms with van der Waals surface area (Å²) in [4.78, 5) is 18.7. The summed E-state index contributed by atoms with van der Waals surface area (Å²) in [6.07, 6.45) is -2.57. The number of aromatic carboxylic acids is 1. The molecule has 1 N–H and O–H groups in total. The van der Waals surface area contributed by atoms with Crippen LogP contribution in [0.15, 0.2) is 52.7 Å². The Morgan fingerprint density at radius 1 is 1.20 bits per heavy atom. The molecule has 9 heteroatoms. The molecule has 0 spiro atoms. The van der Waals surface area contributed by atoms with Crippen molar-refractivity contribution < 1.29 is 23.1 Å². The summed E-state index contributed by atoms with van der Waals surface area (Å²) in [7, 11) is 0. The second kappa shape index (κ2) is 5.78. The summed E-state index contributed by atoms with van der Waals surface area (Å²) >= 11 is 0. The number of quaternary nitrogens is 1. The minimum absolute atomic E-state index is 0.0268. The van der Waals surface area contributed by atoms with Crippen molar-refractivity contribution in [3.8, 4) is 0 Å². The van der Waals surface area contributed by atoms with Crippen LogP contribution in [0.1, 0.15) is 15.9 Å². The normalized spacial score (nSPS) is 19.8. The van der Waals surface area contributed by atoms with Crippen LogP contribution >= 0.6 is 0 Å². The summed E-state index contributed by atoms with van der Waals surface area (Å²) in [5.41, 5.74) is 0.571. The van der Waals surface area contributed by atoms with Gasteiger partial charge in [0.05, 0.1) is 5.56 Å². The molecule has 1 aliphatic heterocycles. The number of carbonyl (C=O) groups is 1. The number of hydrogen-bond donors (Lipinski definition) is 1. The molecule has 0 saturated heterocycles. The first-order chi connectivity index (χ1) is 11.7. The fourth-order valence-electron chi connectivity index (χ4n) is 2.53. The predicted molar refractivity (Wildman–Crippen MR) is 85.8 cm³/mol. The topological polar surface area (TPSA) is 74.9 Å². The zero-order chi connectivity index (χ0) is 18.2. The predicted octanol–water partition coefficient (Wildman–Crippen LogP) is 3.64. The van der Waals surface area contributed by atoms with Gasteiger partial charge in [-0.05, 0) is 24.6 Å². The van der Waals surface area contributed by atoms with Gasteiger partial charge >= 0.3 is 18.0 Å². The minimum Gasteiger partial charge on any atom is -0.478 e. The molecule has 1 atom stereocenters. The van der Waals surface area contributed by atoms with Gasteiger partial charge in [-0.1, -0.05) is 15.8 Å². The molecule has 0 fully saturated rings. The lowest BCUT2D eigenvalue weighted by Gasteiger charge is -2.27. The van der Waals surface area contributed by atoms with E-state index in [2.05, 4.69) is 15.1 Å². The maximum Gasteiger partial charge on any atom is 0.490 e. The lowest BCUT2D eigenvalue weighted by atomic mass is 10.1. The van der Waals surface area contributed by atoms with Crippen LogP contribution in [0.5, 0.6) is 0 Å². The first kappa shape index (κ1) is 16.8. The molecule has 0 aliphatic carbocycles. The van der Waals surface area contributed by atoms with Crippen molar-refractivity contribution in [2.45, 2.75) is 13.1 Å². The van der Waals surface area contributed by atoms with Gasteiger partial charge in [-0.3, -0.25) is 0 Å². The first-order valence-electron chi connectivity index (χ1n) is 7.11. The van der Waals surface area contributed by atoms with Crippen LogP contribution in [0.2, 0.25) is 0 Å². The van der Waals surface area contributed by atoms with Crippen molar-refractivity contribution in [2.75, 3.05) is 0 Å². The molecular weight excluding hydrogens is 337 g/mol. The quantitative estimate of drug-likeness (QED) is 0.860. The number of aromatic nitrogens is 1. The number of benzene rings is 1. The van der Waals surface area contributed by atoms with E-state index in [-0.39, 0.29) is 17.1 Å². The Morgan fingerprint density at radius 2 is 1.96 bits per heavy atom. The van der Waals surface area contributed by atoms with Crippen molar-refractivity contribution in [3.05, 3.63) is 53.7 Å². The molecular formula is C16H12F3N4O2+. The molecule has 1 unspecified atom stereocenters. The van der Waals surface area contributed by atoms with E-state index in [4.69, 9.17) is 5.11 Å². The van der Waals surface area contributed by atoms with Crippen molar-refractivity contribution in [1.29, 1.82) is 0 Å². The summed E-state index contributed by atoms with van der Waals surface area (Å²) < 4.78 is 39.6. The number of carboxylic acid groups (broad SMARTS) is 1. The van der Waals surface area contributed by atoms with Crippen molar-refractivity contribution in [2.24, 2.45) is 10.1 Å². The van der Waals surface area contributed by atoms with Gasteiger partial charge in [0.1, 0.15) is 0 Å². The summed E-state index contributed by atoms with van der Waals surface area (Å²) in [5.74, 6) is -2.52. The highest BCUT2D eigenvalue weighted by Crippen LogP contribution is 2.41. The van der Waals surface area contributed by atoms with E-state index in [0.717, 1.165) is 18.0 Å².